The molecule has 0 atom stereocenters. The molecule has 0 fully saturated rings. The largest absolute Gasteiger partial charge is 0.294 e. The molecule has 2 rings (SSSR count). The number of hydrogen-bond donors (Lipinski definition) is 0. The van der Waals surface area contributed by atoms with Crippen LogP contribution in [0.25, 0.3) is 0 Å². The van der Waals surface area contributed by atoms with E-state index in [1.54, 1.807) is 18.2 Å². The molecule has 0 bridgehead atoms. The molecule has 0 saturated carbocycles. The highest BCUT2D eigenvalue weighted by Crippen LogP contribution is 2.21. The third kappa shape index (κ3) is 2.85. The fourth-order valence-electron chi connectivity index (χ4n) is 1.81. The fourth-order valence-corrected chi connectivity index (χ4v) is 2.11. The van der Waals surface area contributed by atoms with Crippen LogP contribution < -0.4 is 0 Å². The van der Waals surface area contributed by atoms with Gasteiger partial charge >= 0.3 is 0 Å². The maximum atomic E-state index is 13.5. The van der Waals surface area contributed by atoms with Gasteiger partial charge in [0.15, 0.2) is 23.2 Å². The molecule has 2 aromatic carbocycles. The molecule has 0 heterocycles. The first-order chi connectivity index (χ1) is 9.40. The molecule has 104 valence electrons. The third-order valence-electron chi connectivity index (χ3n) is 2.90. The summed E-state index contributed by atoms with van der Waals surface area (Å²) < 4.78 is 39.4. The minimum absolute atomic E-state index is 0.179. The second-order valence-electron chi connectivity index (χ2n) is 4.42. The van der Waals surface area contributed by atoms with Crippen LogP contribution >= 0.6 is 11.6 Å². The van der Waals surface area contributed by atoms with Crippen molar-refractivity contribution in [3.05, 3.63) is 69.5 Å². The van der Waals surface area contributed by atoms with Crippen molar-refractivity contribution in [2.45, 2.75) is 13.3 Å². The first-order valence-electron chi connectivity index (χ1n) is 5.82. The van der Waals surface area contributed by atoms with Gasteiger partial charge in [0.25, 0.3) is 0 Å². The highest BCUT2D eigenvalue weighted by molar-refractivity contribution is 6.31. The van der Waals surface area contributed by atoms with Crippen LogP contribution in [0.3, 0.4) is 0 Å². The Hall–Kier alpha value is -1.81. The summed E-state index contributed by atoms with van der Waals surface area (Å²) in [7, 11) is 0. The van der Waals surface area contributed by atoms with Crippen molar-refractivity contribution in [3.63, 3.8) is 0 Å². The highest BCUT2D eigenvalue weighted by Gasteiger charge is 2.19. The molecule has 0 unspecified atom stereocenters. The Morgan fingerprint density at radius 1 is 1.10 bits per heavy atom. The molecule has 5 heteroatoms. The van der Waals surface area contributed by atoms with E-state index >= 15 is 0 Å². The number of carbonyl (C=O) groups is 1. The minimum atomic E-state index is -1.65. The smallest absolute Gasteiger partial charge is 0.195 e. The third-order valence-corrected chi connectivity index (χ3v) is 3.25. The number of rotatable bonds is 3. The average Bonchev–Trinajstić information content (AvgIpc) is 2.39. The molecule has 0 N–H and O–H groups in total. The summed E-state index contributed by atoms with van der Waals surface area (Å²) in [4.78, 5) is 11.9. The molecule has 0 saturated heterocycles. The summed E-state index contributed by atoms with van der Waals surface area (Å²) in [5.74, 6) is -5.11. The van der Waals surface area contributed by atoms with Gasteiger partial charge in [-0.2, -0.15) is 0 Å². The van der Waals surface area contributed by atoms with Gasteiger partial charge in [-0.15, -0.1) is 0 Å². The number of carbonyl (C=O) groups excluding carboxylic acids is 1. The Morgan fingerprint density at radius 2 is 1.80 bits per heavy atom. The number of ketones is 1. The molecule has 0 aliphatic carbocycles. The van der Waals surface area contributed by atoms with Crippen molar-refractivity contribution in [2.75, 3.05) is 0 Å². The van der Waals surface area contributed by atoms with Gasteiger partial charge in [-0.05, 0) is 36.2 Å². The van der Waals surface area contributed by atoms with Gasteiger partial charge in [-0.1, -0.05) is 23.7 Å². The Bertz CT molecular complexity index is 683. The average molecular weight is 299 g/mol. The summed E-state index contributed by atoms with van der Waals surface area (Å²) >= 11 is 5.98. The lowest BCUT2D eigenvalue weighted by molar-refractivity contribution is 0.0988. The van der Waals surface area contributed by atoms with E-state index in [0.29, 0.717) is 10.6 Å². The quantitative estimate of drug-likeness (QED) is 0.603. The van der Waals surface area contributed by atoms with E-state index < -0.39 is 28.8 Å². The molecule has 20 heavy (non-hydrogen) atoms. The molecule has 0 radical (unpaired) electrons. The van der Waals surface area contributed by atoms with Crippen molar-refractivity contribution in [1.82, 2.24) is 0 Å². The zero-order valence-corrected chi connectivity index (χ0v) is 11.3. The summed E-state index contributed by atoms with van der Waals surface area (Å²) in [5, 5.41) is 0.376. The van der Waals surface area contributed by atoms with E-state index in [1.807, 2.05) is 6.92 Å². The molecule has 0 aliphatic heterocycles. The van der Waals surface area contributed by atoms with Crippen LogP contribution in [0.15, 0.2) is 30.3 Å². The monoisotopic (exact) mass is 298 g/mol. The fraction of sp³-hybridized carbons (Fsp3) is 0.133. The van der Waals surface area contributed by atoms with E-state index in [0.717, 1.165) is 17.7 Å². The second-order valence-corrected chi connectivity index (χ2v) is 4.82. The summed E-state index contributed by atoms with van der Waals surface area (Å²) in [5.41, 5.74) is 0.942. The number of aryl methyl sites for hydroxylation is 1. The van der Waals surface area contributed by atoms with E-state index in [2.05, 4.69) is 0 Å². The van der Waals surface area contributed by atoms with Crippen LogP contribution in [0.1, 0.15) is 21.5 Å². The first-order valence-corrected chi connectivity index (χ1v) is 6.19. The summed E-state index contributed by atoms with van der Waals surface area (Å²) in [6, 6.07) is 6.73. The maximum Gasteiger partial charge on any atom is 0.195 e. The summed E-state index contributed by atoms with van der Waals surface area (Å²) in [6.07, 6.45) is -0.179. The lowest BCUT2D eigenvalue weighted by Crippen LogP contribution is -2.09. The van der Waals surface area contributed by atoms with Crippen LogP contribution in [-0.2, 0) is 6.42 Å². The van der Waals surface area contributed by atoms with Crippen molar-refractivity contribution >= 4 is 17.4 Å². The Kier molecular flexibility index (Phi) is 4.14. The number of hydrogen-bond acceptors (Lipinski definition) is 1. The lowest BCUT2D eigenvalue weighted by atomic mass is 10.0. The topological polar surface area (TPSA) is 17.1 Å². The van der Waals surface area contributed by atoms with Crippen molar-refractivity contribution < 1.29 is 18.0 Å². The van der Waals surface area contributed by atoms with E-state index in [1.165, 1.54) is 0 Å². The number of halogens is 4. The normalized spacial score (nSPS) is 10.7. The number of Topliss-reactive ketones (excluding diaryl/α,β-unsaturated/α-hetero) is 1. The molecule has 1 nitrogen and oxygen atoms in total. The van der Waals surface area contributed by atoms with Gasteiger partial charge in [-0.3, -0.25) is 4.79 Å². The Morgan fingerprint density at radius 3 is 2.45 bits per heavy atom. The van der Waals surface area contributed by atoms with Crippen molar-refractivity contribution in [2.24, 2.45) is 0 Å². The van der Waals surface area contributed by atoms with Crippen molar-refractivity contribution in [3.8, 4) is 0 Å². The molecule has 0 aromatic heterocycles. The number of benzene rings is 2. The second kappa shape index (κ2) is 5.67. The molecule has 0 aliphatic rings. The van der Waals surface area contributed by atoms with Crippen LogP contribution in [0.2, 0.25) is 5.02 Å². The standard InChI is InChI=1S/C15H10ClF3O/c1-8-2-3-9(11(16)6-8)7-13(20)10-4-5-12(17)15(19)14(10)18/h2-6H,7H2,1H3. The van der Waals surface area contributed by atoms with Gasteiger partial charge in [0.2, 0.25) is 0 Å². The molecular weight excluding hydrogens is 289 g/mol. The van der Waals surface area contributed by atoms with Crippen LogP contribution in [0, 0.1) is 24.4 Å². The molecule has 0 amide bonds. The van der Waals surface area contributed by atoms with Crippen LogP contribution in [-0.4, -0.2) is 5.78 Å². The first kappa shape index (κ1) is 14.6. The zero-order chi connectivity index (χ0) is 14.9. The SMILES string of the molecule is Cc1ccc(CC(=O)c2ccc(F)c(F)c2F)c(Cl)c1. The molecular formula is C15H10ClF3O. The van der Waals surface area contributed by atoms with Crippen LogP contribution in [0.5, 0.6) is 0 Å². The zero-order valence-electron chi connectivity index (χ0n) is 10.5. The lowest BCUT2D eigenvalue weighted by Gasteiger charge is -2.06. The van der Waals surface area contributed by atoms with Gasteiger partial charge in [0, 0.05) is 11.4 Å². The van der Waals surface area contributed by atoms with Gasteiger partial charge in [-0.25, -0.2) is 13.2 Å². The van der Waals surface area contributed by atoms with Gasteiger partial charge in [0.1, 0.15) is 0 Å². The predicted molar refractivity (Wildman–Crippen MR) is 70.5 cm³/mol. The maximum absolute atomic E-state index is 13.5. The Labute approximate surface area is 119 Å². The van der Waals surface area contributed by atoms with Gasteiger partial charge < -0.3 is 0 Å². The highest BCUT2D eigenvalue weighted by atomic mass is 35.5. The predicted octanol–water partition coefficient (Wildman–Crippen LogP) is 4.49. The van der Waals surface area contributed by atoms with Crippen LogP contribution in [0.4, 0.5) is 13.2 Å². The van der Waals surface area contributed by atoms with Crippen molar-refractivity contribution in [1.29, 1.82) is 0 Å². The van der Waals surface area contributed by atoms with Gasteiger partial charge in [0.05, 0.1) is 5.56 Å². The van der Waals surface area contributed by atoms with E-state index in [-0.39, 0.29) is 6.42 Å². The molecule has 0 spiro atoms. The Balaban J connectivity index is 2.31. The minimum Gasteiger partial charge on any atom is -0.294 e. The van der Waals surface area contributed by atoms with E-state index in [4.69, 9.17) is 11.6 Å². The van der Waals surface area contributed by atoms with E-state index in [9.17, 15) is 18.0 Å². The molecule has 2 aromatic rings. The summed E-state index contributed by atoms with van der Waals surface area (Å²) in [6.45, 7) is 1.84.